The number of β-lactam (4-membered cyclic amide) rings is 1. The van der Waals surface area contributed by atoms with Gasteiger partial charge in [-0.15, -0.1) is 11.8 Å². The summed E-state index contributed by atoms with van der Waals surface area (Å²) < 4.78 is -0.305. The van der Waals surface area contributed by atoms with Crippen molar-refractivity contribution in [1.29, 1.82) is 5.26 Å². The highest BCUT2D eigenvalue weighted by Gasteiger charge is 2.63. The van der Waals surface area contributed by atoms with Crippen molar-refractivity contribution in [3.8, 4) is 6.07 Å². The third-order valence-electron chi connectivity index (χ3n) is 6.56. The van der Waals surface area contributed by atoms with E-state index in [9.17, 15) is 10.1 Å². The number of hydrogen-bond donors (Lipinski definition) is 1. The predicted molar refractivity (Wildman–Crippen MR) is 128 cm³/mol. The molecule has 160 valence electrons. The largest absolute Gasteiger partial charge is 0.310 e. The van der Waals surface area contributed by atoms with Gasteiger partial charge >= 0.3 is 0 Å². The lowest BCUT2D eigenvalue weighted by Gasteiger charge is -2.49. The molecule has 0 aliphatic carbocycles. The molecule has 2 unspecified atom stereocenters. The summed E-state index contributed by atoms with van der Waals surface area (Å²) in [4.78, 5) is 15.1. The second-order valence-corrected chi connectivity index (χ2v) is 10.6. The standard InChI is InChI=1S/C27H25N3OS/c1-26(2)22(18-28)30-24(31)23(25(30)32-26)29-27(19-12-6-3-7-13-19,20-14-8-4-9-15-20)21-16-10-5-11-17-21/h3-17,22-23,25,29H,1-2H3/t22?,23?,25-/m1/s1. The SMILES string of the molecule is CC1(C)S[C@@H]2C(NC(c3ccccc3)(c3ccccc3)c3ccccc3)C(=O)N2C1C#N. The summed E-state index contributed by atoms with van der Waals surface area (Å²) in [5, 5.41) is 13.4. The average molecular weight is 440 g/mol. The maximum Gasteiger partial charge on any atom is 0.244 e. The number of carbonyl (C=O) groups is 1. The van der Waals surface area contributed by atoms with E-state index in [1.165, 1.54) is 0 Å². The van der Waals surface area contributed by atoms with E-state index < -0.39 is 17.6 Å². The Morgan fingerprint density at radius 1 is 0.875 bits per heavy atom. The Morgan fingerprint density at radius 2 is 1.31 bits per heavy atom. The van der Waals surface area contributed by atoms with Gasteiger partial charge < -0.3 is 4.90 Å². The van der Waals surface area contributed by atoms with Crippen molar-refractivity contribution in [1.82, 2.24) is 10.2 Å². The van der Waals surface area contributed by atoms with E-state index in [4.69, 9.17) is 0 Å². The van der Waals surface area contributed by atoms with Crippen LogP contribution in [0.25, 0.3) is 0 Å². The number of rotatable bonds is 5. The van der Waals surface area contributed by atoms with Crippen LogP contribution in [0.2, 0.25) is 0 Å². The molecule has 2 saturated heterocycles. The van der Waals surface area contributed by atoms with Crippen LogP contribution in [0.4, 0.5) is 0 Å². The molecule has 3 atom stereocenters. The fourth-order valence-corrected chi connectivity index (χ4v) is 6.57. The lowest BCUT2D eigenvalue weighted by atomic mass is 9.76. The maximum atomic E-state index is 13.4. The molecule has 32 heavy (non-hydrogen) atoms. The van der Waals surface area contributed by atoms with Gasteiger partial charge in [-0.25, -0.2) is 0 Å². The van der Waals surface area contributed by atoms with Gasteiger partial charge in [-0.1, -0.05) is 91.0 Å². The van der Waals surface area contributed by atoms with Crippen molar-refractivity contribution in [3.63, 3.8) is 0 Å². The highest BCUT2D eigenvalue weighted by atomic mass is 32.2. The number of hydrogen-bond acceptors (Lipinski definition) is 4. The molecule has 2 aliphatic rings. The summed E-state index contributed by atoms with van der Waals surface area (Å²) in [7, 11) is 0. The number of nitriles is 1. The van der Waals surface area contributed by atoms with Crippen molar-refractivity contribution >= 4 is 17.7 Å². The van der Waals surface area contributed by atoms with E-state index in [0.717, 1.165) is 16.7 Å². The molecule has 5 rings (SSSR count). The average Bonchev–Trinajstić information content (AvgIpc) is 3.08. The zero-order valence-corrected chi connectivity index (χ0v) is 18.9. The summed E-state index contributed by atoms with van der Waals surface area (Å²) in [5.41, 5.74) is 2.51. The van der Waals surface area contributed by atoms with Gasteiger partial charge in [0, 0.05) is 4.75 Å². The van der Waals surface area contributed by atoms with Crippen LogP contribution in [0, 0.1) is 11.3 Å². The van der Waals surface area contributed by atoms with Crippen molar-refractivity contribution < 1.29 is 4.79 Å². The molecule has 0 spiro atoms. The van der Waals surface area contributed by atoms with Gasteiger partial charge in [-0.2, -0.15) is 5.26 Å². The second kappa shape index (κ2) is 7.81. The van der Waals surface area contributed by atoms with Crippen molar-refractivity contribution in [2.45, 2.75) is 41.6 Å². The molecule has 2 heterocycles. The normalized spacial score (nSPS) is 23.8. The number of nitrogens with one attached hydrogen (secondary N) is 1. The van der Waals surface area contributed by atoms with Crippen LogP contribution in [-0.4, -0.2) is 33.0 Å². The van der Waals surface area contributed by atoms with E-state index in [1.807, 2.05) is 68.4 Å². The molecule has 1 amide bonds. The van der Waals surface area contributed by atoms with Crippen LogP contribution in [0.5, 0.6) is 0 Å². The maximum absolute atomic E-state index is 13.4. The van der Waals surface area contributed by atoms with Crippen LogP contribution in [0.3, 0.4) is 0 Å². The highest BCUT2D eigenvalue weighted by Crippen LogP contribution is 2.51. The van der Waals surface area contributed by atoms with Gasteiger partial charge in [-0.05, 0) is 30.5 Å². The monoisotopic (exact) mass is 439 g/mol. The minimum Gasteiger partial charge on any atom is -0.310 e. The number of amides is 1. The Labute approximate surface area is 193 Å². The number of carbonyl (C=O) groups excluding carboxylic acids is 1. The molecule has 2 fully saturated rings. The third kappa shape index (κ3) is 3.06. The summed E-state index contributed by atoms with van der Waals surface area (Å²) in [6, 6.07) is 32.4. The Morgan fingerprint density at radius 3 is 1.72 bits per heavy atom. The Hall–Kier alpha value is -3.07. The second-order valence-electron chi connectivity index (χ2n) is 8.86. The van der Waals surface area contributed by atoms with Gasteiger partial charge in [0.2, 0.25) is 5.91 Å². The first-order chi connectivity index (χ1) is 15.5. The van der Waals surface area contributed by atoms with Crippen LogP contribution in [0.1, 0.15) is 30.5 Å². The third-order valence-corrected chi connectivity index (χ3v) is 8.13. The summed E-state index contributed by atoms with van der Waals surface area (Å²) in [5.74, 6) is -0.00760. The minimum absolute atomic E-state index is 0.00760. The molecular weight excluding hydrogens is 414 g/mol. The number of nitrogens with zero attached hydrogens (tertiary/aromatic N) is 2. The molecule has 3 aromatic carbocycles. The van der Waals surface area contributed by atoms with Crippen molar-refractivity contribution in [2.24, 2.45) is 0 Å². The van der Waals surface area contributed by atoms with Crippen LogP contribution in [0.15, 0.2) is 91.0 Å². The van der Waals surface area contributed by atoms with Gasteiger partial charge in [0.1, 0.15) is 17.5 Å². The van der Waals surface area contributed by atoms with E-state index in [-0.39, 0.29) is 16.0 Å². The summed E-state index contributed by atoms with van der Waals surface area (Å²) in [6.45, 7) is 4.10. The first-order valence-electron chi connectivity index (χ1n) is 10.8. The molecule has 5 heteroatoms. The molecule has 0 saturated carbocycles. The highest BCUT2D eigenvalue weighted by molar-refractivity contribution is 8.01. The van der Waals surface area contributed by atoms with E-state index in [2.05, 4.69) is 47.8 Å². The zero-order valence-electron chi connectivity index (χ0n) is 18.1. The van der Waals surface area contributed by atoms with Gasteiger partial charge in [0.05, 0.1) is 11.6 Å². The van der Waals surface area contributed by atoms with Crippen molar-refractivity contribution in [2.75, 3.05) is 0 Å². The minimum atomic E-state index is -0.703. The van der Waals surface area contributed by atoms with Gasteiger partial charge in [0.15, 0.2) is 0 Å². The van der Waals surface area contributed by atoms with Gasteiger partial charge in [-0.3, -0.25) is 10.1 Å². The Balaban J connectivity index is 1.65. The lowest BCUT2D eigenvalue weighted by molar-refractivity contribution is -0.148. The topological polar surface area (TPSA) is 56.1 Å². The summed E-state index contributed by atoms with van der Waals surface area (Å²) in [6.07, 6.45) is 0. The van der Waals surface area contributed by atoms with E-state index in [1.54, 1.807) is 16.7 Å². The van der Waals surface area contributed by atoms with E-state index >= 15 is 0 Å². The first-order valence-corrected chi connectivity index (χ1v) is 11.7. The van der Waals surface area contributed by atoms with Gasteiger partial charge in [0.25, 0.3) is 0 Å². The number of benzene rings is 3. The molecule has 0 aromatic heterocycles. The van der Waals surface area contributed by atoms with E-state index in [0.29, 0.717) is 0 Å². The molecular formula is C27H25N3OS. The van der Waals surface area contributed by atoms with Crippen LogP contribution < -0.4 is 5.32 Å². The smallest absolute Gasteiger partial charge is 0.244 e. The van der Waals surface area contributed by atoms with Crippen molar-refractivity contribution in [3.05, 3.63) is 108 Å². The predicted octanol–water partition coefficient (Wildman–Crippen LogP) is 4.52. The fraction of sp³-hybridized carbons (Fsp3) is 0.259. The quantitative estimate of drug-likeness (QED) is 0.469. The molecule has 3 aromatic rings. The number of fused-ring (bicyclic) bond motifs is 1. The van der Waals surface area contributed by atoms with Crippen LogP contribution in [-0.2, 0) is 10.3 Å². The lowest BCUT2D eigenvalue weighted by Crippen LogP contribution is -2.71. The molecule has 0 bridgehead atoms. The number of thioether (sulfide) groups is 1. The molecule has 2 aliphatic heterocycles. The molecule has 1 N–H and O–H groups in total. The Kier molecular flexibility index (Phi) is 5.08. The first kappa shape index (κ1) is 20.8. The van der Waals surface area contributed by atoms with Crippen LogP contribution >= 0.6 is 11.8 Å². The molecule has 4 nitrogen and oxygen atoms in total. The molecule has 0 radical (unpaired) electrons. The zero-order chi connectivity index (χ0) is 22.3. The Bertz CT molecular complexity index is 1060. The summed E-state index contributed by atoms with van der Waals surface area (Å²) >= 11 is 1.71. The fourth-order valence-electron chi connectivity index (χ4n) is 4.99.